The van der Waals surface area contributed by atoms with Crippen molar-refractivity contribution in [3.8, 4) is 0 Å². The van der Waals surface area contributed by atoms with E-state index in [9.17, 15) is 9.18 Å². The smallest absolute Gasteiger partial charge is 0.339 e. The largest absolute Gasteiger partial charge is 0.379 e. The molecule has 1 saturated heterocycles. The molecule has 142 valence electrons. The maximum absolute atomic E-state index is 13.2. The Bertz CT molecular complexity index is 821. The molecule has 0 atom stereocenters. The first-order chi connectivity index (χ1) is 13.1. The van der Waals surface area contributed by atoms with E-state index < -0.39 is 11.8 Å². The zero-order chi connectivity index (χ0) is 19.1. The number of pyridine rings is 1. The molecule has 1 aliphatic rings. The Balaban J connectivity index is 1.64. The fourth-order valence-electron chi connectivity index (χ4n) is 2.81. The number of hydrazone groups is 1. The van der Waals surface area contributed by atoms with Gasteiger partial charge in [-0.05, 0) is 36.8 Å². The van der Waals surface area contributed by atoms with Crippen LogP contribution in [-0.2, 0) is 11.3 Å². The van der Waals surface area contributed by atoms with Crippen LogP contribution in [0, 0.1) is 5.82 Å². The molecule has 7 nitrogen and oxygen atoms in total. The highest BCUT2D eigenvalue weighted by molar-refractivity contribution is 5.99. The molecular weight excluding hydrogens is 349 g/mol. The van der Waals surface area contributed by atoms with E-state index in [4.69, 9.17) is 4.74 Å². The van der Waals surface area contributed by atoms with Gasteiger partial charge in [-0.25, -0.2) is 14.6 Å². The van der Waals surface area contributed by atoms with E-state index in [2.05, 4.69) is 25.7 Å². The number of carbonyl (C=O) groups excluding carboxylic acids is 1. The summed E-state index contributed by atoms with van der Waals surface area (Å²) in [7, 11) is 0. The lowest BCUT2D eigenvalue weighted by atomic mass is 10.1. The van der Waals surface area contributed by atoms with Gasteiger partial charge in [0, 0.05) is 31.5 Å². The second-order valence-corrected chi connectivity index (χ2v) is 6.17. The summed E-state index contributed by atoms with van der Waals surface area (Å²) in [5, 5.41) is 6.65. The zero-order valence-corrected chi connectivity index (χ0v) is 15.1. The number of aromatic nitrogens is 1. The second-order valence-electron chi connectivity index (χ2n) is 6.17. The van der Waals surface area contributed by atoms with Gasteiger partial charge in [-0.3, -0.25) is 9.88 Å². The normalized spacial score (nSPS) is 15.4. The van der Waals surface area contributed by atoms with Crippen molar-refractivity contribution in [1.82, 2.24) is 15.3 Å². The van der Waals surface area contributed by atoms with Crippen LogP contribution < -0.4 is 10.7 Å². The number of anilines is 1. The molecule has 0 spiro atoms. The van der Waals surface area contributed by atoms with Crippen molar-refractivity contribution in [2.45, 2.75) is 13.5 Å². The predicted molar refractivity (Wildman–Crippen MR) is 101 cm³/mol. The minimum Gasteiger partial charge on any atom is -0.379 e. The Labute approximate surface area is 157 Å². The highest BCUT2D eigenvalue weighted by Crippen LogP contribution is 2.12. The molecule has 0 bridgehead atoms. The molecule has 2 amide bonds. The van der Waals surface area contributed by atoms with Crippen LogP contribution in [0.5, 0.6) is 0 Å². The Hall–Kier alpha value is -2.84. The number of ether oxygens (including phenoxy) is 1. The van der Waals surface area contributed by atoms with Gasteiger partial charge in [0.2, 0.25) is 0 Å². The fourth-order valence-corrected chi connectivity index (χ4v) is 2.81. The number of carbonyl (C=O) groups is 1. The maximum atomic E-state index is 13.2. The molecular formula is C19H22FN5O2. The standard InChI is InChI=1S/C19H22FN5O2/c1-14(23-24-19(26)22-17-6-2-5-16(20)12-17)18-15(4-3-7-21-18)13-25-8-10-27-11-9-25/h2-7,12H,8-11,13H2,1H3,(H2,22,24,26). The first-order valence-electron chi connectivity index (χ1n) is 8.73. The van der Waals surface area contributed by atoms with Gasteiger partial charge < -0.3 is 10.1 Å². The minimum atomic E-state index is -0.550. The summed E-state index contributed by atoms with van der Waals surface area (Å²) in [5.41, 5.74) is 5.13. The van der Waals surface area contributed by atoms with Crippen LogP contribution >= 0.6 is 0 Å². The summed E-state index contributed by atoms with van der Waals surface area (Å²) in [6, 6.07) is 8.99. The predicted octanol–water partition coefficient (Wildman–Crippen LogP) is 2.60. The molecule has 2 N–H and O–H groups in total. The van der Waals surface area contributed by atoms with E-state index in [1.54, 1.807) is 19.2 Å². The Morgan fingerprint density at radius 1 is 1.30 bits per heavy atom. The minimum absolute atomic E-state index is 0.353. The van der Waals surface area contributed by atoms with Crippen LogP contribution in [0.3, 0.4) is 0 Å². The van der Waals surface area contributed by atoms with Crippen molar-refractivity contribution in [2.24, 2.45) is 5.10 Å². The number of halogens is 1. The van der Waals surface area contributed by atoms with E-state index in [0.717, 1.165) is 44.1 Å². The van der Waals surface area contributed by atoms with Gasteiger partial charge >= 0.3 is 6.03 Å². The van der Waals surface area contributed by atoms with Gasteiger partial charge in [0.05, 0.1) is 24.6 Å². The molecule has 2 aromatic rings. The third-order valence-corrected chi connectivity index (χ3v) is 4.14. The highest BCUT2D eigenvalue weighted by Gasteiger charge is 2.14. The molecule has 2 heterocycles. The van der Waals surface area contributed by atoms with E-state index >= 15 is 0 Å². The lowest BCUT2D eigenvalue weighted by Gasteiger charge is -2.27. The van der Waals surface area contributed by atoms with Gasteiger partial charge in [0.25, 0.3) is 0 Å². The first-order valence-corrected chi connectivity index (χ1v) is 8.73. The number of rotatable bonds is 5. The summed E-state index contributed by atoms with van der Waals surface area (Å²) in [4.78, 5) is 18.7. The third-order valence-electron chi connectivity index (χ3n) is 4.14. The van der Waals surface area contributed by atoms with Crippen LogP contribution in [0.15, 0.2) is 47.7 Å². The number of hydrogen-bond acceptors (Lipinski definition) is 5. The summed E-state index contributed by atoms with van der Waals surface area (Å²) in [6.07, 6.45) is 1.70. The Morgan fingerprint density at radius 2 is 2.11 bits per heavy atom. The van der Waals surface area contributed by atoms with Gasteiger partial charge in [-0.2, -0.15) is 5.10 Å². The van der Waals surface area contributed by atoms with Crippen molar-refractivity contribution >= 4 is 17.4 Å². The SMILES string of the molecule is CC(=NNC(=O)Nc1cccc(F)c1)c1ncccc1CN1CCOCC1. The molecule has 1 aromatic carbocycles. The van der Waals surface area contributed by atoms with Crippen LogP contribution in [-0.4, -0.2) is 47.9 Å². The molecule has 0 radical (unpaired) electrons. The van der Waals surface area contributed by atoms with E-state index in [1.165, 1.54) is 18.2 Å². The Morgan fingerprint density at radius 3 is 2.89 bits per heavy atom. The van der Waals surface area contributed by atoms with Crippen LogP contribution in [0.2, 0.25) is 0 Å². The summed E-state index contributed by atoms with van der Waals surface area (Å²) in [5.74, 6) is -0.422. The number of benzene rings is 1. The molecule has 1 aliphatic heterocycles. The monoisotopic (exact) mass is 371 g/mol. The summed E-state index contributed by atoms with van der Waals surface area (Å²) < 4.78 is 18.5. The number of amides is 2. The quantitative estimate of drug-likeness (QED) is 0.626. The molecule has 8 heteroatoms. The number of hydrogen-bond donors (Lipinski definition) is 2. The van der Waals surface area contributed by atoms with Crippen LogP contribution in [0.25, 0.3) is 0 Å². The first kappa shape index (κ1) is 18.9. The number of morpholine rings is 1. The van der Waals surface area contributed by atoms with Gasteiger partial charge in [0.1, 0.15) is 5.82 Å². The molecule has 0 aliphatic carbocycles. The van der Waals surface area contributed by atoms with E-state index in [1.807, 2.05) is 12.1 Å². The number of nitrogens with zero attached hydrogens (tertiary/aromatic N) is 3. The zero-order valence-electron chi connectivity index (χ0n) is 15.1. The average Bonchev–Trinajstić information content (AvgIpc) is 2.67. The van der Waals surface area contributed by atoms with Crippen LogP contribution in [0.1, 0.15) is 18.2 Å². The molecule has 3 rings (SSSR count). The third kappa shape index (κ3) is 5.57. The topological polar surface area (TPSA) is 78.8 Å². The van der Waals surface area contributed by atoms with Gasteiger partial charge in [0.15, 0.2) is 0 Å². The Kier molecular flexibility index (Phi) is 6.45. The summed E-state index contributed by atoms with van der Waals surface area (Å²) >= 11 is 0. The molecule has 0 saturated carbocycles. The molecule has 0 unspecified atom stereocenters. The van der Waals surface area contributed by atoms with Crippen molar-refractivity contribution in [3.05, 3.63) is 59.7 Å². The molecule has 1 fully saturated rings. The maximum Gasteiger partial charge on any atom is 0.339 e. The van der Waals surface area contributed by atoms with Crippen molar-refractivity contribution in [3.63, 3.8) is 0 Å². The molecule has 27 heavy (non-hydrogen) atoms. The molecule has 1 aromatic heterocycles. The van der Waals surface area contributed by atoms with E-state index in [0.29, 0.717) is 11.4 Å². The van der Waals surface area contributed by atoms with Crippen LogP contribution in [0.4, 0.5) is 14.9 Å². The highest BCUT2D eigenvalue weighted by atomic mass is 19.1. The van der Waals surface area contributed by atoms with Crippen molar-refractivity contribution in [1.29, 1.82) is 0 Å². The second kappa shape index (κ2) is 9.20. The van der Waals surface area contributed by atoms with E-state index in [-0.39, 0.29) is 0 Å². The van der Waals surface area contributed by atoms with Gasteiger partial charge in [-0.15, -0.1) is 0 Å². The average molecular weight is 371 g/mol. The number of nitrogens with one attached hydrogen (secondary N) is 2. The summed E-state index contributed by atoms with van der Waals surface area (Å²) in [6.45, 7) is 5.73. The number of urea groups is 1. The lowest BCUT2D eigenvalue weighted by molar-refractivity contribution is 0.0341. The van der Waals surface area contributed by atoms with Crippen molar-refractivity contribution in [2.75, 3.05) is 31.6 Å². The fraction of sp³-hybridized carbons (Fsp3) is 0.316. The lowest BCUT2D eigenvalue weighted by Crippen LogP contribution is -2.36. The van der Waals surface area contributed by atoms with Crippen molar-refractivity contribution < 1.29 is 13.9 Å². The van der Waals surface area contributed by atoms with Gasteiger partial charge in [-0.1, -0.05) is 12.1 Å².